The fraction of sp³-hybridized carbons (Fsp3) is 0.421. The molecular formula is C19H24F3N3OS. The van der Waals surface area contributed by atoms with Crippen LogP contribution in [0.1, 0.15) is 29.5 Å². The summed E-state index contributed by atoms with van der Waals surface area (Å²) in [6, 6.07) is 9.39. The predicted molar refractivity (Wildman–Crippen MR) is 103 cm³/mol. The number of benzene rings is 1. The third kappa shape index (κ3) is 8.01. The topological polar surface area (TPSA) is 45.7 Å². The quantitative estimate of drug-likeness (QED) is 0.514. The van der Waals surface area contributed by atoms with Gasteiger partial charge < -0.3 is 15.4 Å². The predicted octanol–water partition coefficient (Wildman–Crippen LogP) is 4.30. The maximum absolute atomic E-state index is 12.2. The van der Waals surface area contributed by atoms with Crippen LogP contribution in [0.15, 0.2) is 46.1 Å². The van der Waals surface area contributed by atoms with Crippen LogP contribution < -0.4 is 10.6 Å². The summed E-state index contributed by atoms with van der Waals surface area (Å²) in [5.74, 6) is 1.04. The summed E-state index contributed by atoms with van der Waals surface area (Å²) in [4.78, 5) is 4.20. The van der Waals surface area contributed by atoms with Crippen molar-refractivity contribution < 1.29 is 17.9 Å². The second-order valence-corrected chi connectivity index (χ2v) is 6.97. The van der Waals surface area contributed by atoms with E-state index in [2.05, 4.69) is 39.4 Å². The highest BCUT2D eigenvalue weighted by Crippen LogP contribution is 2.17. The van der Waals surface area contributed by atoms with Crippen LogP contribution in [0.25, 0.3) is 0 Å². The molecule has 0 amide bonds. The Morgan fingerprint density at radius 3 is 2.67 bits per heavy atom. The molecule has 2 N–H and O–H groups in total. The van der Waals surface area contributed by atoms with E-state index in [1.54, 1.807) is 30.5 Å². The first-order valence-electron chi connectivity index (χ1n) is 8.56. The fourth-order valence-electron chi connectivity index (χ4n) is 2.44. The Kier molecular flexibility index (Phi) is 8.12. The van der Waals surface area contributed by atoms with Gasteiger partial charge in [0.1, 0.15) is 6.61 Å². The second kappa shape index (κ2) is 10.3. The maximum Gasteiger partial charge on any atom is 0.411 e. The molecule has 27 heavy (non-hydrogen) atoms. The van der Waals surface area contributed by atoms with E-state index < -0.39 is 12.8 Å². The molecule has 1 aromatic carbocycles. The van der Waals surface area contributed by atoms with Crippen molar-refractivity contribution in [1.82, 2.24) is 10.6 Å². The van der Waals surface area contributed by atoms with Crippen LogP contribution in [0.4, 0.5) is 13.2 Å². The van der Waals surface area contributed by atoms with E-state index in [4.69, 9.17) is 4.74 Å². The van der Waals surface area contributed by atoms with E-state index >= 15 is 0 Å². The van der Waals surface area contributed by atoms with Crippen molar-refractivity contribution in [1.29, 1.82) is 0 Å². The SMILES string of the molecule is CN=C(NCc1cccc(COCC(F)(F)F)c1)NCC(C)c1ccsc1. The van der Waals surface area contributed by atoms with Crippen molar-refractivity contribution in [2.45, 2.75) is 32.2 Å². The number of nitrogens with one attached hydrogen (secondary N) is 2. The smallest absolute Gasteiger partial charge is 0.367 e. The zero-order chi connectivity index (χ0) is 19.7. The molecule has 148 valence electrons. The Balaban J connectivity index is 1.79. The average molecular weight is 399 g/mol. The Hall–Kier alpha value is -2.06. The highest BCUT2D eigenvalue weighted by Gasteiger charge is 2.27. The van der Waals surface area contributed by atoms with Crippen molar-refractivity contribution in [2.24, 2.45) is 4.99 Å². The van der Waals surface area contributed by atoms with E-state index in [1.165, 1.54) is 5.56 Å². The Bertz CT molecular complexity index is 717. The molecule has 1 atom stereocenters. The molecule has 8 heteroatoms. The number of nitrogens with zero attached hydrogens (tertiary/aromatic N) is 1. The van der Waals surface area contributed by atoms with Crippen LogP contribution >= 0.6 is 11.3 Å². The van der Waals surface area contributed by atoms with Gasteiger partial charge in [-0.2, -0.15) is 24.5 Å². The summed E-state index contributed by atoms with van der Waals surface area (Å²) in [5.41, 5.74) is 2.93. The number of rotatable bonds is 8. The van der Waals surface area contributed by atoms with Gasteiger partial charge >= 0.3 is 6.18 Å². The number of guanidine groups is 1. The molecule has 0 fully saturated rings. The molecular weight excluding hydrogens is 375 g/mol. The third-order valence-corrected chi connectivity index (χ3v) is 4.60. The van der Waals surface area contributed by atoms with Crippen molar-refractivity contribution in [2.75, 3.05) is 20.2 Å². The molecule has 2 aromatic rings. The summed E-state index contributed by atoms with van der Waals surface area (Å²) in [6.45, 7) is 2.10. The molecule has 0 aliphatic carbocycles. The minimum atomic E-state index is -4.31. The molecule has 0 saturated heterocycles. The van der Waals surface area contributed by atoms with Gasteiger partial charge in [-0.15, -0.1) is 0 Å². The normalized spacial score (nSPS) is 13.4. The van der Waals surface area contributed by atoms with Crippen molar-refractivity contribution in [3.63, 3.8) is 0 Å². The number of hydrogen-bond donors (Lipinski definition) is 2. The van der Waals surface area contributed by atoms with E-state index in [-0.39, 0.29) is 6.61 Å². The van der Waals surface area contributed by atoms with Gasteiger partial charge in [0.05, 0.1) is 6.61 Å². The molecule has 0 spiro atoms. The zero-order valence-electron chi connectivity index (χ0n) is 15.3. The van der Waals surface area contributed by atoms with Gasteiger partial charge in [-0.3, -0.25) is 4.99 Å². The van der Waals surface area contributed by atoms with E-state index in [9.17, 15) is 13.2 Å². The Morgan fingerprint density at radius 2 is 2.00 bits per heavy atom. The van der Waals surface area contributed by atoms with Gasteiger partial charge in [0.2, 0.25) is 0 Å². The van der Waals surface area contributed by atoms with Crippen LogP contribution in [0.2, 0.25) is 0 Å². The molecule has 4 nitrogen and oxygen atoms in total. The third-order valence-electron chi connectivity index (χ3n) is 3.90. The number of thiophene rings is 1. The molecule has 0 bridgehead atoms. The first kappa shape index (κ1) is 21.2. The van der Waals surface area contributed by atoms with Crippen molar-refractivity contribution >= 4 is 17.3 Å². The maximum atomic E-state index is 12.2. The summed E-state index contributed by atoms with van der Waals surface area (Å²) in [7, 11) is 1.70. The second-order valence-electron chi connectivity index (χ2n) is 6.19. The summed E-state index contributed by atoms with van der Waals surface area (Å²) in [6.07, 6.45) is -4.31. The van der Waals surface area contributed by atoms with Crippen molar-refractivity contribution in [3.8, 4) is 0 Å². The van der Waals surface area contributed by atoms with Gasteiger partial charge in [0.25, 0.3) is 0 Å². The number of halogens is 3. The number of ether oxygens (including phenoxy) is 1. The lowest BCUT2D eigenvalue weighted by Gasteiger charge is -2.16. The highest BCUT2D eigenvalue weighted by atomic mass is 32.1. The van der Waals surface area contributed by atoms with Crippen LogP contribution in [-0.2, 0) is 17.9 Å². The Labute approximate surface area is 161 Å². The summed E-state index contributed by atoms with van der Waals surface area (Å²) in [5, 5.41) is 10.7. The largest absolute Gasteiger partial charge is 0.411 e. The standard InChI is InChI=1S/C19H24F3N3OS/c1-14(17-6-7-27-12-17)9-24-18(23-2)25-10-15-4-3-5-16(8-15)11-26-13-19(20,21)22/h3-8,12,14H,9-11,13H2,1-2H3,(H2,23,24,25). The lowest BCUT2D eigenvalue weighted by molar-refractivity contribution is -0.176. The molecule has 1 unspecified atom stereocenters. The zero-order valence-corrected chi connectivity index (χ0v) is 16.2. The molecule has 0 saturated carbocycles. The molecule has 0 aliphatic heterocycles. The first-order valence-corrected chi connectivity index (χ1v) is 9.50. The van der Waals surface area contributed by atoms with Gasteiger partial charge in [-0.1, -0.05) is 31.2 Å². The van der Waals surface area contributed by atoms with Crippen LogP contribution in [0.5, 0.6) is 0 Å². The molecule has 0 radical (unpaired) electrons. The Morgan fingerprint density at radius 1 is 1.22 bits per heavy atom. The average Bonchev–Trinajstić information content (AvgIpc) is 3.16. The van der Waals surface area contributed by atoms with Crippen LogP contribution in [0.3, 0.4) is 0 Å². The summed E-state index contributed by atoms with van der Waals surface area (Å²) >= 11 is 1.68. The molecule has 0 aliphatic rings. The van der Waals surface area contributed by atoms with Crippen molar-refractivity contribution in [3.05, 3.63) is 57.8 Å². The lowest BCUT2D eigenvalue weighted by Crippen LogP contribution is -2.38. The highest BCUT2D eigenvalue weighted by molar-refractivity contribution is 7.07. The van der Waals surface area contributed by atoms with E-state index in [0.717, 1.165) is 12.1 Å². The van der Waals surface area contributed by atoms with Gasteiger partial charge in [0, 0.05) is 20.1 Å². The first-order chi connectivity index (χ1) is 12.9. The number of aliphatic imine (C=N–C) groups is 1. The van der Waals surface area contributed by atoms with Crippen LogP contribution in [0, 0.1) is 0 Å². The van der Waals surface area contributed by atoms with Gasteiger partial charge in [0.15, 0.2) is 5.96 Å². The molecule has 1 aromatic heterocycles. The molecule has 1 heterocycles. The fourth-order valence-corrected chi connectivity index (χ4v) is 3.23. The van der Waals surface area contributed by atoms with E-state index in [0.29, 0.717) is 24.0 Å². The minimum Gasteiger partial charge on any atom is -0.367 e. The molecule has 2 rings (SSSR count). The summed E-state index contributed by atoms with van der Waals surface area (Å²) < 4.78 is 41.2. The minimum absolute atomic E-state index is 0.0710. The van der Waals surface area contributed by atoms with E-state index in [1.807, 2.05) is 12.1 Å². The lowest BCUT2D eigenvalue weighted by atomic mass is 10.1. The monoisotopic (exact) mass is 399 g/mol. The van der Waals surface area contributed by atoms with Gasteiger partial charge in [-0.05, 0) is 39.4 Å². The number of hydrogen-bond acceptors (Lipinski definition) is 3. The van der Waals surface area contributed by atoms with Crippen LogP contribution in [-0.4, -0.2) is 32.3 Å². The number of alkyl halides is 3. The van der Waals surface area contributed by atoms with Gasteiger partial charge in [-0.25, -0.2) is 0 Å².